The number of aliphatic hydroxyl groups excluding tert-OH is 1. The zero-order valence-corrected chi connectivity index (χ0v) is 6.79. The third kappa shape index (κ3) is 2.06. The minimum absolute atomic E-state index is 0.0242. The Balaban J connectivity index is 4.07. The summed E-state index contributed by atoms with van der Waals surface area (Å²) in [6.45, 7) is 6.03. The van der Waals surface area contributed by atoms with E-state index in [2.05, 4.69) is 5.18 Å². The van der Waals surface area contributed by atoms with E-state index in [1.165, 1.54) is 0 Å². The van der Waals surface area contributed by atoms with E-state index < -0.39 is 0 Å². The molecule has 0 aromatic rings. The standard InChI is InChI=1S/C7H15NO2/c1-6(2)7(3,5-9)4-8-10/h6,9H,4-5H2,1-3H3. The van der Waals surface area contributed by atoms with Crippen LogP contribution in [-0.4, -0.2) is 18.3 Å². The smallest absolute Gasteiger partial charge is 0.0889 e. The van der Waals surface area contributed by atoms with E-state index >= 15 is 0 Å². The lowest BCUT2D eigenvalue weighted by atomic mass is 9.80. The highest BCUT2D eigenvalue weighted by Crippen LogP contribution is 2.26. The molecule has 3 nitrogen and oxygen atoms in total. The van der Waals surface area contributed by atoms with Crippen molar-refractivity contribution in [2.75, 3.05) is 13.2 Å². The van der Waals surface area contributed by atoms with E-state index in [0.717, 1.165) is 0 Å². The molecule has 0 saturated heterocycles. The summed E-state index contributed by atoms with van der Waals surface area (Å²) in [5.74, 6) is 0.287. The van der Waals surface area contributed by atoms with Crippen LogP contribution in [0.5, 0.6) is 0 Å². The molecule has 1 unspecified atom stereocenters. The summed E-state index contributed by atoms with van der Waals surface area (Å²) in [5.41, 5.74) is -0.332. The molecule has 10 heavy (non-hydrogen) atoms. The van der Waals surface area contributed by atoms with Gasteiger partial charge in [-0.15, -0.1) is 0 Å². The Hall–Kier alpha value is -0.440. The maximum atomic E-state index is 9.92. The highest BCUT2D eigenvalue weighted by molar-refractivity contribution is 4.78. The van der Waals surface area contributed by atoms with Gasteiger partial charge in [-0.2, -0.15) is 4.91 Å². The molecular weight excluding hydrogens is 130 g/mol. The van der Waals surface area contributed by atoms with Crippen molar-refractivity contribution in [1.82, 2.24) is 0 Å². The Labute approximate surface area is 61.4 Å². The molecule has 0 rings (SSSR count). The molecule has 60 valence electrons. The minimum Gasteiger partial charge on any atom is -0.396 e. The molecule has 0 bridgehead atoms. The van der Waals surface area contributed by atoms with Gasteiger partial charge in [0.05, 0.1) is 13.2 Å². The summed E-state index contributed by atoms with van der Waals surface area (Å²) in [6.07, 6.45) is 0. The Morgan fingerprint density at radius 3 is 2.20 bits per heavy atom. The van der Waals surface area contributed by atoms with Crippen LogP contribution in [0, 0.1) is 16.2 Å². The lowest BCUT2D eigenvalue weighted by Gasteiger charge is -2.28. The van der Waals surface area contributed by atoms with Gasteiger partial charge in [-0.3, -0.25) is 0 Å². The molecule has 0 saturated carbocycles. The first kappa shape index (κ1) is 9.56. The van der Waals surface area contributed by atoms with Crippen LogP contribution < -0.4 is 0 Å². The second-order valence-electron chi connectivity index (χ2n) is 3.25. The second kappa shape index (κ2) is 3.66. The predicted molar refractivity (Wildman–Crippen MR) is 40.7 cm³/mol. The lowest BCUT2D eigenvalue weighted by Crippen LogP contribution is -2.30. The van der Waals surface area contributed by atoms with Crippen molar-refractivity contribution in [2.24, 2.45) is 16.5 Å². The van der Waals surface area contributed by atoms with Crippen LogP contribution in [0.4, 0.5) is 0 Å². The van der Waals surface area contributed by atoms with Crippen molar-refractivity contribution in [3.05, 3.63) is 4.91 Å². The molecule has 0 aromatic carbocycles. The van der Waals surface area contributed by atoms with Gasteiger partial charge in [0.1, 0.15) is 0 Å². The van der Waals surface area contributed by atoms with Crippen molar-refractivity contribution in [2.45, 2.75) is 20.8 Å². The molecule has 0 spiro atoms. The van der Waals surface area contributed by atoms with Crippen LogP contribution in [0.25, 0.3) is 0 Å². The third-order valence-corrected chi connectivity index (χ3v) is 2.18. The third-order valence-electron chi connectivity index (χ3n) is 2.18. The summed E-state index contributed by atoms with van der Waals surface area (Å²) >= 11 is 0. The van der Waals surface area contributed by atoms with Crippen LogP contribution in [0.1, 0.15) is 20.8 Å². The molecule has 0 heterocycles. The van der Waals surface area contributed by atoms with E-state index in [0.29, 0.717) is 0 Å². The second-order valence-corrected chi connectivity index (χ2v) is 3.25. The van der Waals surface area contributed by atoms with Gasteiger partial charge in [0.15, 0.2) is 0 Å². The maximum Gasteiger partial charge on any atom is 0.0889 e. The van der Waals surface area contributed by atoms with Crippen LogP contribution >= 0.6 is 0 Å². The van der Waals surface area contributed by atoms with E-state index in [1.807, 2.05) is 20.8 Å². The number of hydrogen-bond acceptors (Lipinski definition) is 3. The molecule has 0 aliphatic rings. The maximum absolute atomic E-state index is 9.92. The number of nitrogens with zero attached hydrogens (tertiary/aromatic N) is 1. The van der Waals surface area contributed by atoms with Crippen molar-refractivity contribution in [3.8, 4) is 0 Å². The SMILES string of the molecule is CC(C)C(C)(CO)CN=O. The topological polar surface area (TPSA) is 49.7 Å². The van der Waals surface area contributed by atoms with Crippen LogP contribution in [0.2, 0.25) is 0 Å². The van der Waals surface area contributed by atoms with E-state index in [1.54, 1.807) is 0 Å². The Morgan fingerprint density at radius 1 is 1.60 bits per heavy atom. The van der Waals surface area contributed by atoms with Crippen molar-refractivity contribution >= 4 is 0 Å². The van der Waals surface area contributed by atoms with Gasteiger partial charge in [0, 0.05) is 5.41 Å². The summed E-state index contributed by atoms with van der Waals surface area (Å²) in [4.78, 5) is 9.92. The highest BCUT2D eigenvalue weighted by Gasteiger charge is 2.27. The van der Waals surface area contributed by atoms with Gasteiger partial charge < -0.3 is 5.11 Å². The number of nitroso groups, excluding NO2 is 1. The minimum atomic E-state index is -0.332. The lowest BCUT2D eigenvalue weighted by molar-refractivity contribution is 0.103. The van der Waals surface area contributed by atoms with Crippen molar-refractivity contribution in [3.63, 3.8) is 0 Å². The Morgan fingerprint density at radius 2 is 2.10 bits per heavy atom. The summed E-state index contributed by atoms with van der Waals surface area (Å²) in [5, 5.41) is 11.7. The predicted octanol–water partition coefficient (Wildman–Crippen LogP) is 1.41. The Kier molecular flexibility index (Phi) is 3.50. The van der Waals surface area contributed by atoms with Crippen LogP contribution in [-0.2, 0) is 0 Å². The monoisotopic (exact) mass is 145 g/mol. The molecule has 0 aromatic heterocycles. The number of rotatable bonds is 4. The molecule has 1 atom stereocenters. The zero-order valence-electron chi connectivity index (χ0n) is 6.79. The Bertz CT molecular complexity index is 114. The van der Waals surface area contributed by atoms with E-state index in [9.17, 15) is 4.91 Å². The molecule has 3 heteroatoms. The van der Waals surface area contributed by atoms with Crippen LogP contribution in [0.3, 0.4) is 0 Å². The largest absolute Gasteiger partial charge is 0.396 e. The fourth-order valence-corrected chi connectivity index (χ4v) is 0.563. The van der Waals surface area contributed by atoms with Crippen molar-refractivity contribution < 1.29 is 5.11 Å². The molecular formula is C7H15NO2. The zero-order chi connectivity index (χ0) is 8.20. The van der Waals surface area contributed by atoms with E-state index in [-0.39, 0.29) is 24.5 Å². The number of aliphatic hydroxyl groups is 1. The summed E-state index contributed by atoms with van der Waals surface area (Å²) in [7, 11) is 0. The molecule has 0 aliphatic carbocycles. The van der Waals surface area contributed by atoms with E-state index in [4.69, 9.17) is 5.11 Å². The summed E-state index contributed by atoms with van der Waals surface area (Å²) < 4.78 is 0. The molecule has 0 aliphatic heterocycles. The van der Waals surface area contributed by atoms with Gasteiger partial charge in [0.25, 0.3) is 0 Å². The van der Waals surface area contributed by atoms with Gasteiger partial charge in [-0.25, -0.2) is 0 Å². The number of hydrogen-bond donors (Lipinski definition) is 1. The van der Waals surface area contributed by atoms with Crippen LogP contribution in [0.15, 0.2) is 5.18 Å². The average Bonchev–Trinajstić information content (AvgIpc) is 1.88. The first-order valence-corrected chi connectivity index (χ1v) is 3.47. The first-order valence-electron chi connectivity index (χ1n) is 3.47. The molecule has 0 radical (unpaired) electrons. The fraction of sp³-hybridized carbons (Fsp3) is 1.00. The highest BCUT2D eigenvalue weighted by atomic mass is 16.3. The molecule has 0 fully saturated rings. The summed E-state index contributed by atoms with van der Waals surface area (Å²) in [6, 6.07) is 0. The normalized spacial score (nSPS) is 16.9. The van der Waals surface area contributed by atoms with Gasteiger partial charge in [-0.1, -0.05) is 25.9 Å². The molecule has 0 amide bonds. The average molecular weight is 145 g/mol. The van der Waals surface area contributed by atoms with Crippen molar-refractivity contribution in [1.29, 1.82) is 0 Å². The molecule has 1 N–H and O–H groups in total. The first-order chi connectivity index (χ1) is 4.56. The van der Waals surface area contributed by atoms with Gasteiger partial charge >= 0.3 is 0 Å². The quantitative estimate of drug-likeness (QED) is 0.608. The van der Waals surface area contributed by atoms with Gasteiger partial charge in [0.2, 0.25) is 0 Å². The van der Waals surface area contributed by atoms with Gasteiger partial charge in [-0.05, 0) is 5.92 Å². The fourth-order valence-electron chi connectivity index (χ4n) is 0.563.